The molecule has 0 aliphatic heterocycles. The van der Waals surface area contributed by atoms with Gasteiger partial charge in [0.15, 0.2) is 18.9 Å². The van der Waals surface area contributed by atoms with Gasteiger partial charge in [0.2, 0.25) is 0 Å². The Morgan fingerprint density at radius 3 is 2.55 bits per heavy atom. The van der Waals surface area contributed by atoms with Crippen molar-refractivity contribution in [3.8, 4) is 0 Å². The van der Waals surface area contributed by atoms with Crippen LogP contribution in [0.5, 0.6) is 0 Å². The number of fused-ring (bicyclic) bond motifs is 3. The summed E-state index contributed by atoms with van der Waals surface area (Å²) in [6, 6.07) is 10.7. The average Bonchev–Trinajstić information content (AvgIpc) is 2.75. The number of benzene rings is 1. The zero-order valence-corrected chi connectivity index (χ0v) is 12.6. The number of aryl methyl sites for hydroxylation is 1. The molecule has 3 heteroatoms. The van der Waals surface area contributed by atoms with Crippen molar-refractivity contribution in [2.75, 3.05) is 27.7 Å². The topological polar surface area (TPSA) is 19.7 Å². The standard InChI is InChI=1S/C17H22N3/c1-20(2,3)12-6-10-19-11-9-17-15(13-19)14-7-4-5-8-16(14)18-17/h4-5,7-9,11,13H,6,10,12H2,1-3H3/q+1/p+1. The van der Waals surface area contributed by atoms with E-state index in [9.17, 15) is 0 Å². The molecule has 0 saturated heterocycles. The highest BCUT2D eigenvalue weighted by molar-refractivity contribution is 6.06. The van der Waals surface area contributed by atoms with Crippen molar-refractivity contribution in [2.24, 2.45) is 0 Å². The van der Waals surface area contributed by atoms with Crippen LogP contribution in [0.4, 0.5) is 0 Å². The molecule has 2 heterocycles. The minimum atomic E-state index is 1.02. The molecule has 20 heavy (non-hydrogen) atoms. The number of quaternary nitrogens is 1. The number of aromatic nitrogens is 2. The van der Waals surface area contributed by atoms with Crippen molar-refractivity contribution in [1.29, 1.82) is 0 Å². The first-order valence-corrected chi connectivity index (χ1v) is 7.23. The van der Waals surface area contributed by atoms with Crippen LogP contribution in [0.1, 0.15) is 6.42 Å². The molecule has 0 unspecified atom stereocenters. The molecule has 0 aliphatic carbocycles. The molecule has 0 saturated carbocycles. The second kappa shape index (κ2) is 4.91. The van der Waals surface area contributed by atoms with E-state index in [-0.39, 0.29) is 0 Å². The van der Waals surface area contributed by atoms with Crippen molar-refractivity contribution in [2.45, 2.75) is 13.0 Å². The second-order valence-corrected chi connectivity index (χ2v) is 6.55. The van der Waals surface area contributed by atoms with Gasteiger partial charge in [-0.25, -0.2) is 4.57 Å². The lowest BCUT2D eigenvalue weighted by Crippen LogP contribution is -2.39. The van der Waals surface area contributed by atoms with Crippen molar-refractivity contribution in [1.82, 2.24) is 4.98 Å². The normalized spacial score (nSPS) is 12.3. The highest BCUT2D eigenvalue weighted by Crippen LogP contribution is 2.23. The largest absolute Gasteiger partial charge is 0.354 e. The van der Waals surface area contributed by atoms with E-state index in [4.69, 9.17) is 0 Å². The second-order valence-electron chi connectivity index (χ2n) is 6.55. The van der Waals surface area contributed by atoms with Gasteiger partial charge in [-0.05, 0) is 6.07 Å². The summed E-state index contributed by atoms with van der Waals surface area (Å²) >= 11 is 0. The molecule has 0 amide bonds. The average molecular weight is 269 g/mol. The summed E-state index contributed by atoms with van der Waals surface area (Å²) in [4.78, 5) is 3.47. The van der Waals surface area contributed by atoms with Crippen LogP contribution in [0.3, 0.4) is 0 Å². The Hall–Kier alpha value is -1.87. The Labute approximate surface area is 120 Å². The SMILES string of the molecule is C[N+](C)(C)CCC[n+]1ccc2[nH]c3ccccc3c2c1. The third-order valence-corrected chi connectivity index (χ3v) is 3.75. The van der Waals surface area contributed by atoms with E-state index < -0.39 is 0 Å². The molecule has 0 fully saturated rings. The highest BCUT2D eigenvalue weighted by atomic mass is 15.3. The smallest absolute Gasteiger partial charge is 0.178 e. The molecule has 0 aliphatic rings. The number of para-hydroxylation sites is 1. The lowest BCUT2D eigenvalue weighted by atomic mass is 10.2. The van der Waals surface area contributed by atoms with E-state index in [1.165, 1.54) is 34.8 Å². The van der Waals surface area contributed by atoms with Gasteiger partial charge in [0.05, 0.1) is 45.0 Å². The van der Waals surface area contributed by atoms with Gasteiger partial charge in [-0.2, -0.15) is 0 Å². The minimum Gasteiger partial charge on any atom is -0.354 e. The van der Waals surface area contributed by atoms with Gasteiger partial charge in [0, 0.05) is 17.0 Å². The van der Waals surface area contributed by atoms with E-state index in [1.807, 2.05) is 0 Å². The number of hydrogen-bond donors (Lipinski definition) is 1. The van der Waals surface area contributed by atoms with Crippen LogP contribution in [0, 0.1) is 0 Å². The quantitative estimate of drug-likeness (QED) is 0.555. The Kier molecular flexibility index (Phi) is 3.22. The summed E-state index contributed by atoms with van der Waals surface area (Å²) in [5.74, 6) is 0. The predicted molar refractivity (Wildman–Crippen MR) is 83.5 cm³/mol. The first-order chi connectivity index (χ1) is 9.53. The Morgan fingerprint density at radius 2 is 1.75 bits per heavy atom. The maximum absolute atomic E-state index is 3.47. The number of H-pyrrole nitrogens is 1. The van der Waals surface area contributed by atoms with E-state index in [0.717, 1.165) is 11.0 Å². The zero-order valence-electron chi connectivity index (χ0n) is 12.6. The van der Waals surface area contributed by atoms with E-state index in [0.29, 0.717) is 0 Å². The lowest BCUT2D eigenvalue weighted by Gasteiger charge is -2.22. The summed E-state index contributed by atoms with van der Waals surface area (Å²) in [5.41, 5.74) is 2.43. The van der Waals surface area contributed by atoms with Gasteiger partial charge in [-0.15, -0.1) is 0 Å². The maximum Gasteiger partial charge on any atom is 0.178 e. The number of pyridine rings is 1. The monoisotopic (exact) mass is 269 g/mol. The fraction of sp³-hybridized carbons (Fsp3) is 0.353. The summed E-state index contributed by atoms with van der Waals surface area (Å²) in [6.07, 6.45) is 5.64. The third kappa shape index (κ3) is 2.68. The molecule has 104 valence electrons. The van der Waals surface area contributed by atoms with Gasteiger partial charge in [0.1, 0.15) is 0 Å². The summed E-state index contributed by atoms with van der Waals surface area (Å²) in [6.45, 7) is 2.27. The first kappa shape index (κ1) is 13.1. The number of hydrogen-bond acceptors (Lipinski definition) is 0. The van der Waals surface area contributed by atoms with Gasteiger partial charge < -0.3 is 9.47 Å². The minimum absolute atomic E-state index is 1.02. The molecule has 1 N–H and O–H groups in total. The molecule has 0 spiro atoms. The van der Waals surface area contributed by atoms with Gasteiger partial charge in [-0.1, -0.05) is 18.2 Å². The molecule has 3 rings (SSSR count). The predicted octanol–water partition coefficient (Wildman–Crippen LogP) is 2.70. The Morgan fingerprint density at radius 1 is 1.00 bits per heavy atom. The molecule has 3 nitrogen and oxygen atoms in total. The van der Waals surface area contributed by atoms with Crippen LogP contribution in [-0.4, -0.2) is 37.2 Å². The van der Waals surface area contributed by atoms with Crippen LogP contribution in [0.25, 0.3) is 21.8 Å². The third-order valence-electron chi connectivity index (χ3n) is 3.75. The highest BCUT2D eigenvalue weighted by Gasteiger charge is 2.11. The van der Waals surface area contributed by atoms with Crippen molar-refractivity contribution in [3.05, 3.63) is 42.7 Å². The van der Waals surface area contributed by atoms with Crippen molar-refractivity contribution < 1.29 is 9.05 Å². The molecule has 0 radical (unpaired) electrons. The first-order valence-electron chi connectivity index (χ1n) is 7.23. The van der Waals surface area contributed by atoms with Crippen LogP contribution < -0.4 is 4.57 Å². The number of aromatic amines is 1. The molecule has 0 bridgehead atoms. The Balaban J connectivity index is 1.88. The lowest BCUT2D eigenvalue weighted by molar-refractivity contribution is -0.873. The summed E-state index contributed by atoms with van der Waals surface area (Å²) in [5, 5.41) is 2.62. The molecular formula is C17H23N3+2. The Bertz CT molecular complexity index is 735. The van der Waals surface area contributed by atoms with E-state index in [1.54, 1.807) is 0 Å². The summed E-state index contributed by atoms with van der Waals surface area (Å²) < 4.78 is 3.33. The van der Waals surface area contributed by atoms with Crippen molar-refractivity contribution >= 4 is 21.8 Å². The van der Waals surface area contributed by atoms with E-state index >= 15 is 0 Å². The van der Waals surface area contributed by atoms with Crippen LogP contribution >= 0.6 is 0 Å². The molecule has 2 aromatic heterocycles. The fourth-order valence-electron chi connectivity index (χ4n) is 2.70. The fourth-order valence-corrected chi connectivity index (χ4v) is 2.70. The molecule has 3 aromatic rings. The molecule has 0 atom stereocenters. The summed E-state index contributed by atoms with van der Waals surface area (Å²) in [7, 11) is 6.73. The van der Waals surface area contributed by atoms with Gasteiger partial charge >= 0.3 is 0 Å². The zero-order chi connectivity index (χ0) is 14.2. The van der Waals surface area contributed by atoms with Crippen molar-refractivity contribution in [3.63, 3.8) is 0 Å². The van der Waals surface area contributed by atoms with Gasteiger partial charge in [0.25, 0.3) is 0 Å². The van der Waals surface area contributed by atoms with Crippen LogP contribution in [0.2, 0.25) is 0 Å². The van der Waals surface area contributed by atoms with E-state index in [2.05, 4.69) is 73.4 Å². The molecular weight excluding hydrogens is 246 g/mol. The van der Waals surface area contributed by atoms with Crippen LogP contribution in [-0.2, 0) is 6.54 Å². The number of rotatable bonds is 4. The maximum atomic E-state index is 3.47. The van der Waals surface area contributed by atoms with Gasteiger partial charge in [-0.3, -0.25) is 0 Å². The van der Waals surface area contributed by atoms with Crippen LogP contribution in [0.15, 0.2) is 42.7 Å². The number of nitrogens with zero attached hydrogens (tertiary/aromatic N) is 2. The number of nitrogens with one attached hydrogen (secondary N) is 1. The molecule has 1 aromatic carbocycles.